The Bertz CT molecular complexity index is 745. The number of aryl methyl sites for hydroxylation is 2. The van der Waals surface area contributed by atoms with Crippen LogP contribution in [-0.2, 0) is 18.7 Å². The third-order valence-corrected chi connectivity index (χ3v) is 4.62. The summed E-state index contributed by atoms with van der Waals surface area (Å²) in [6.07, 6.45) is 4.43. The molecule has 2 aromatic carbocycles. The molecule has 140 valence electrons. The van der Waals surface area contributed by atoms with Gasteiger partial charge in [-0.15, -0.1) is 11.6 Å². The van der Waals surface area contributed by atoms with Crippen molar-refractivity contribution in [1.82, 2.24) is 0 Å². The predicted octanol–water partition coefficient (Wildman–Crippen LogP) is 5.47. The van der Waals surface area contributed by atoms with Crippen LogP contribution in [0.1, 0.15) is 43.4 Å². The molecule has 2 heterocycles. The highest BCUT2D eigenvalue weighted by molar-refractivity contribution is 6.17. The fourth-order valence-corrected chi connectivity index (χ4v) is 3.29. The fraction of sp³-hybridized carbons (Fsp3) is 0.429. The van der Waals surface area contributed by atoms with Crippen LogP contribution in [0.25, 0.3) is 0 Å². The van der Waals surface area contributed by atoms with E-state index in [9.17, 15) is 0 Å². The Hall–Kier alpha value is -2.07. The molecule has 2 aliphatic rings. The molecule has 0 aromatic heterocycles. The number of halogens is 1. The highest BCUT2D eigenvalue weighted by Gasteiger charge is 2.16. The van der Waals surface area contributed by atoms with E-state index in [4.69, 9.17) is 30.5 Å². The molecule has 0 radical (unpaired) electrons. The van der Waals surface area contributed by atoms with Crippen molar-refractivity contribution in [3.8, 4) is 23.0 Å². The van der Waals surface area contributed by atoms with E-state index < -0.39 is 0 Å². The van der Waals surface area contributed by atoms with Crippen molar-refractivity contribution in [1.29, 1.82) is 0 Å². The van der Waals surface area contributed by atoms with E-state index in [1.807, 2.05) is 18.2 Å². The number of ether oxygens (including phenoxy) is 4. The van der Waals surface area contributed by atoms with Gasteiger partial charge in [0.2, 0.25) is 13.6 Å². The van der Waals surface area contributed by atoms with Crippen molar-refractivity contribution in [2.24, 2.45) is 0 Å². The van der Waals surface area contributed by atoms with Gasteiger partial charge in [0.05, 0.1) is 0 Å². The highest BCUT2D eigenvalue weighted by Crippen LogP contribution is 2.36. The molecule has 0 unspecified atom stereocenters. The van der Waals surface area contributed by atoms with Crippen molar-refractivity contribution in [3.05, 3.63) is 47.0 Å². The van der Waals surface area contributed by atoms with Gasteiger partial charge in [-0.2, -0.15) is 0 Å². The molecule has 0 atom stereocenters. The molecular formula is C21H25ClO4. The van der Waals surface area contributed by atoms with Crippen molar-refractivity contribution in [2.45, 2.75) is 45.4 Å². The molecule has 0 N–H and O–H groups in total. The summed E-state index contributed by atoms with van der Waals surface area (Å²) in [6.45, 7) is 5.02. The van der Waals surface area contributed by atoms with Crippen LogP contribution >= 0.6 is 11.6 Å². The number of hydrogen-bond acceptors (Lipinski definition) is 4. The van der Waals surface area contributed by atoms with E-state index in [2.05, 4.69) is 26.0 Å². The molecular weight excluding hydrogens is 352 g/mol. The molecule has 0 amide bonds. The first-order chi connectivity index (χ1) is 12.7. The van der Waals surface area contributed by atoms with Crippen molar-refractivity contribution >= 4 is 11.6 Å². The normalized spacial score (nSPS) is 13.3. The number of fused-ring (bicyclic) bond motifs is 2. The minimum atomic E-state index is 0.326. The molecule has 2 aromatic rings. The van der Waals surface area contributed by atoms with Crippen LogP contribution in [0, 0.1) is 0 Å². The summed E-state index contributed by atoms with van der Waals surface area (Å²) in [7, 11) is 0. The molecule has 26 heavy (non-hydrogen) atoms. The first-order valence-corrected chi connectivity index (χ1v) is 9.64. The summed E-state index contributed by atoms with van der Waals surface area (Å²) in [5.74, 6) is 3.96. The summed E-state index contributed by atoms with van der Waals surface area (Å²) in [5, 5.41) is 0. The summed E-state index contributed by atoms with van der Waals surface area (Å²) < 4.78 is 21.1. The molecule has 0 saturated carbocycles. The summed E-state index contributed by atoms with van der Waals surface area (Å²) in [4.78, 5) is 0. The first-order valence-electron chi connectivity index (χ1n) is 9.11. The van der Waals surface area contributed by atoms with Crippen LogP contribution in [0.15, 0.2) is 30.3 Å². The zero-order valence-corrected chi connectivity index (χ0v) is 16.1. The molecule has 0 bridgehead atoms. The van der Waals surface area contributed by atoms with Crippen molar-refractivity contribution in [3.63, 3.8) is 0 Å². The van der Waals surface area contributed by atoms with Crippen molar-refractivity contribution in [2.75, 3.05) is 13.6 Å². The molecule has 0 aliphatic carbocycles. The van der Waals surface area contributed by atoms with Gasteiger partial charge in [-0.3, -0.25) is 0 Å². The van der Waals surface area contributed by atoms with Gasteiger partial charge in [0.1, 0.15) is 0 Å². The maximum absolute atomic E-state index is 5.87. The maximum Gasteiger partial charge on any atom is 0.231 e. The second kappa shape index (κ2) is 9.04. The Kier molecular flexibility index (Phi) is 6.51. The lowest BCUT2D eigenvalue weighted by molar-refractivity contribution is 0.173. The third-order valence-electron chi connectivity index (χ3n) is 4.33. The standard InChI is InChI=1S/C11H13ClO2.C10H12O2/c1-2-3-8-4-10-11(14-7-13-10)5-9(8)6-12;1-2-3-8-4-5-9-10(6-8)12-7-11-9/h4-5H,2-3,6-7H2,1H3;4-6H,2-3,7H2,1H3. The minimum absolute atomic E-state index is 0.326. The average molecular weight is 377 g/mol. The lowest BCUT2D eigenvalue weighted by atomic mass is 10.0. The monoisotopic (exact) mass is 376 g/mol. The van der Waals surface area contributed by atoms with Crippen molar-refractivity contribution < 1.29 is 18.9 Å². The second-order valence-corrected chi connectivity index (χ2v) is 6.56. The zero-order valence-electron chi connectivity index (χ0n) is 15.3. The second-order valence-electron chi connectivity index (χ2n) is 6.30. The summed E-state index contributed by atoms with van der Waals surface area (Å²) in [5.41, 5.74) is 3.74. The molecule has 4 rings (SSSR count). The van der Waals surface area contributed by atoms with Gasteiger partial charge >= 0.3 is 0 Å². The number of rotatable bonds is 5. The van der Waals surface area contributed by atoms with E-state index in [1.165, 1.54) is 17.5 Å². The van der Waals surface area contributed by atoms with Crippen LogP contribution in [0.3, 0.4) is 0 Å². The van der Waals surface area contributed by atoms with E-state index in [0.29, 0.717) is 19.5 Å². The molecule has 4 nitrogen and oxygen atoms in total. The number of hydrogen-bond donors (Lipinski definition) is 0. The van der Waals surface area contributed by atoms with Gasteiger partial charge in [-0.05, 0) is 53.8 Å². The van der Waals surface area contributed by atoms with Crippen LogP contribution in [0.4, 0.5) is 0 Å². The Labute approximate surface area is 160 Å². The van der Waals surface area contributed by atoms with E-state index in [-0.39, 0.29) is 0 Å². The zero-order chi connectivity index (χ0) is 18.4. The van der Waals surface area contributed by atoms with Gasteiger partial charge < -0.3 is 18.9 Å². The SMILES string of the molecule is CCCc1cc2c(cc1CCl)OCO2.CCCc1ccc2c(c1)OCO2. The van der Waals surface area contributed by atoms with Gasteiger partial charge in [0, 0.05) is 5.88 Å². The Morgan fingerprint density at radius 1 is 0.731 bits per heavy atom. The minimum Gasteiger partial charge on any atom is -0.454 e. The Balaban J connectivity index is 0.000000152. The first kappa shape index (κ1) is 18.7. The van der Waals surface area contributed by atoms with Gasteiger partial charge in [0.25, 0.3) is 0 Å². The quantitative estimate of drug-likeness (QED) is 0.648. The van der Waals surface area contributed by atoms with Gasteiger partial charge in [-0.1, -0.05) is 32.8 Å². The predicted molar refractivity (Wildman–Crippen MR) is 103 cm³/mol. The largest absolute Gasteiger partial charge is 0.454 e. The van der Waals surface area contributed by atoms with Crippen LogP contribution < -0.4 is 18.9 Å². The number of alkyl halides is 1. The Morgan fingerprint density at radius 3 is 1.92 bits per heavy atom. The molecule has 0 saturated heterocycles. The number of benzene rings is 2. The van der Waals surface area contributed by atoms with E-state index in [1.54, 1.807) is 0 Å². The summed E-state index contributed by atoms with van der Waals surface area (Å²) >= 11 is 5.87. The van der Waals surface area contributed by atoms with E-state index in [0.717, 1.165) is 47.8 Å². The Morgan fingerprint density at radius 2 is 1.31 bits per heavy atom. The molecule has 5 heteroatoms. The van der Waals surface area contributed by atoms with E-state index >= 15 is 0 Å². The highest BCUT2D eigenvalue weighted by atomic mass is 35.5. The average Bonchev–Trinajstić information content (AvgIpc) is 3.30. The summed E-state index contributed by atoms with van der Waals surface area (Å²) in [6, 6.07) is 10.2. The van der Waals surface area contributed by atoms with Crippen LogP contribution in [0.2, 0.25) is 0 Å². The molecule has 2 aliphatic heterocycles. The lowest BCUT2D eigenvalue weighted by Crippen LogP contribution is -1.92. The van der Waals surface area contributed by atoms with Crippen LogP contribution in [0.5, 0.6) is 23.0 Å². The smallest absolute Gasteiger partial charge is 0.231 e. The van der Waals surface area contributed by atoms with Gasteiger partial charge in [-0.25, -0.2) is 0 Å². The lowest BCUT2D eigenvalue weighted by Gasteiger charge is -2.07. The van der Waals surface area contributed by atoms with Crippen LogP contribution in [-0.4, -0.2) is 13.6 Å². The topological polar surface area (TPSA) is 36.9 Å². The fourth-order valence-electron chi connectivity index (χ4n) is 3.04. The molecule has 0 fully saturated rings. The molecule has 0 spiro atoms. The third kappa shape index (κ3) is 4.36. The van der Waals surface area contributed by atoms with Gasteiger partial charge in [0.15, 0.2) is 23.0 Å². The maximum atomic E-state index is 5.87.